The van der Waals surface area contributed by atoms with Crippen LogP contribution in [0.4, 0.5) is 5.69 Å². The molecule has 0 radical (unpaired) electrons. The molecular weight excluding hydrogens is 316 g/mol. The first-order chi connectivity index (χ1) is 11.7. The van der Waals surface area contributed by atoms with E-state index in [1.54, 1.807) is 11.3 Å². The van der Waals surface area contributed by atoms with Crippen LogP contribution in [0.1, 0.15) is 29.9 Å². The molecule has 1 fully saturated rings. The summed E-state index contributed by atoms with van der Waals surface area (Å²) in [6.07, 6.45) is 2.66. The molecule has 0 bridgehead atoms. The number of hydrogen-bond donors (Lipinski definition) is 0. The third kappa shape index (κ3) is 3.64. The van der Waals surface area contributed by atoms with E-state index in [-0.39, 0.29) is 5.91 Å². The zero-order valence-corrected chi connectivity index (χ0v) is 15.4. The Morgan fingerprint density at radius 1 is 1.00 bits per heavy atom. The maximum absolute atomic E-state index is 12.5. The highest BCUT2D eigenvalue weighted by atomic mass is 32.1. The van der Waals surface area contributed by atoms with Gasteiger partial charge >= 0.3 is 0 Å². The average molecular weight is 343 g/mol. The number of carbonyl (C=O) groups is 1. The summed E-state index contributed by atoms with van der Waals surface area (Å²) in [6.45, 7) is 7.95. The summed E-state index contributed by atoms with van der Waals surface area (Å²) < 4.78 is 0. The second-order valence-electron chi connectivity index (χ2n) is 6.26. The maximum atomic E-state index is 12.5. The lowest BCUT2D eigenvalue weighted by molar-refractivity contribution is -0.130. The van der Waals surface area contributed by atoms with Gasteiger partial charge in [0, 0.05) is 36.7 Å². The van der Waals surface area contributed by atoms with Gasteiger partial charge in [-0.15, -0.1) is 11.3 Å². The van der Waals surface area contributed by atoms with Crippen LogP contribution in [0.3, 0.4) is 0 Å². The predicted octanol–water partition coefficient (Wildman–Crippen LogP) is 3.76. The van der Waals surface area contributed by atoms with Gasteiger partial charge in [0.1, 0.15) is 0 Å². The van der Waals surface area contributed by atoms with Crippen molar-refractivity contribution >= 4 is 22.9 Å². The number of amides is 1. The van der Waals surface area contributed by atoms with Crippen LogP contribution >= 0.6 is 11.3 Å². The lowest BCUT2D eigenvalue weighted by atomic mass is 10.0. The minimum Gasteiger partial charge on any atom is -0.368 e. The summed E-state index contributed by atoms with van der Waals surface area (Å²) >= 11 is 1.66. The van der Waals surface area contributed by atoms with E-state index in [1.165, 1.54) is 16.8 Å². The zero-order chi connectivity index (χ0) is 16.9. The van der Waals surface area contributed by atoms with Crippen LogP contribution in [-0.4, -0.2) is 37.0 Å². The summed E-state index contributed by atoms with van der Waals surface area (Å²) in [5.74, 6) is 0.261. The molecule has 0 saturated carbocycles. The zero-order valence-electron chi connectivity index (χ0n) is 14.6. The number of aryl methyl sites for hydroxylation is 2. The van der Waals surface area contributed by atoms with Crippen molar-refractivity contribution in [2.24, 2.45) is 0 Å². The van der Waals surface area contributed by atoms with Crippen molar-refractivity contribution in [2.45, 2.75) is 33.1 Å². The Labute approximate surface area is 148 Å². The van der Waals surface area contributed by atoms with Crippen LogP contribution in [0.25, 0.3) is 0 Å². The van der Waals surface area contributed by atoms with E-state index in [2.05, 4.69) is 36.9 Å². The molecular formula is C20H26N2OS. The summed E-state index contributed by atoms with van der Waals surface area (Å²) in [6, 6.07) is 10.7. The van der Waals surface area contributed by atoms with Crippen LogP contribution in [0.2, 0.25) is 0 Å². The number of nitrogens with zero attached hydrogens (tertiary/aromatic N) is 2. The Morgan fingerprint density at radius 3 is 2.21 bits per heavy atom. The van der Waals surface area contributed by atoms with Crippen LogP contribution in [0.5, 0.6) is 0 Å². The highest BCUT2D eigenvalue weighted by Crippen LogP contribution is 2.28. The van der Waals surface area contributed by atoms with Crippen LogP contribution in [0, 0.1) is 0 Å². The number of thiophene rings is 1. The number of para-hydroxylation sites is 1. The summed E-state index contributed by atoms with van der Waals surface area (Å²) in [4.78, 5) is 18.1. The van der Waals surface area contributed by atoms with Gasteiger partial charge in [-0.25, -0.2) is 0 Å². The molecule has 3 rings (SSSR count). The molecule has 1 aliphatic rings. The molecule has 0 unspecified atom stereocenters. The molecule has 0 spiro atoms. The van der Waals surface area contributed by atoms with Gasteiger partial charge in [-0.05, 0) is 35.4 Å². The second kappa shape index (κ2) is 7.84. The molecule has 4 heteroatoms. The van der Waals surface area contributed by atoms with E-state index in [1.807, 2.05) is 22.4 Å². The molecule has 1 aromatic heterocycles. The maximum Gasteiger partial charge on any atom is 0.227 e. The number of piperazine rings is 1. The largest absolute Gasteiger partial charge is 0.368 e. The molecule has 2 heterocycles. The van der Waals surface area contributed by atoms with Crippen LogP contribution in [-0.2, 0) is 24.1 Å². The Hall–Kier alpha value is -1.81. The fraction of sp³-hybridized carbons (Fsp3) is 0.450. The normalized spacial score (nSPS) is 14.9. The first-order valence-electron chi connectivity index (χ1n) is 8.88. The molecule has 0 N–H and O–H groups in total. The number of benzene rings is 1. The van der Waals surface area contributed by atoms with E-state index in [4.69, 9.17) is 0 Å². The van der Waals surface area contributed by atoms with Crippen molar-refractivity contribution in [3.05, 3.63) is 51.7 Å². The molecule has 0 atom stereocenters. The summed E-state index contributed by atoms with van der Waals surface area (Å²) in [5.41, 5.74) is 4.26. The molecule has 128 valence electrons. The molecule has 24 heavy (non-hydrogen) atoms. The van der Waals surface area contributed by atoms with Gasteiger partial charge in [0.25, 0.3) is 0 Å². The smallest absolute Gasteiger partial charge is 0.227 e. The summed E-state index contributed by atoms with van der Waals surface area (Å²) in [5, 5.41) is 2.04. The molecule has 1 aromatic carbocycles. The van der Waals surface area contributed by atoms with Crippen molar-refractivity contribution < 1.29 is 4.79 Å². The highest BCUT2D eigenvalue weighted by Gasteiger charge is 2.23. The molecule has 3 nitrogen and oxygen atoms in total. The lowest BCUT2D eigenvalue weighted by Gasteiger charge is -2.38. The molecule has 0 aliphatic carbocycles. The Bertz CT molecular complexity index is 651. The van der Waals surface area contributed by atoms with Gasteiger partial charge < -0.3 is 9.80 Å². The highest BCUT2D eigenvalue weighted by molar-refractivity contribution is 7.10. The topological polar surface area (TPSA) is 23.6 Å². The van der Waals surface area contributed by atoms with Crippen molar-refractivity contribution in [3.8, 4) is 0 Å². The molecule has 1 amide bonds. The molecule has 2 aromatic rings. The molecule has 1 saturated heterocycles. The van der Waals surface area contributed by atoms with E-state index in [0.717, 1.165) is 43.9 Å². The Morgan fingerprint density at radius 2 is 1.67 bits per heavy atom. The number of rotatable bonds is 5. The first-order valence-corrected chi connectivity index (χ1v) is 9.76. The third-order valence-electron chi connectivity index (χ3n) is 4.82. The van der Waals surface area contributed by atoms with Crippen LogP contribution < -0.4 is 4.90 Å². The lowest BCUT2D eigenvalue weighted by Crippen LogP contribution is -2.49. The monoisotopic (exact) mass is 342 g/mol. The van der Waals surface area contributed by atoms with E-state index in [0.29, 0.717) is 6.42 Å². The third-order valence-corrected chi connectivity index (χ3v) is 5.70. The van der Waals surface area contributed by atoms with Gasteiger partial charge in [0.05, 0.1) is 6.42 Å². The minimum absolute atomic E-state index is 0.261. The van der Waals surface area contributed by atoms with Gasteiger partial charge in [-0.1, -0.05) is 38.1 Å². The van der Waals surface area contributed by atoms with Gasteiger partial charge in [-0.3, -0.25) is 4.79 Å². The van der Waals surface area contributed by atoms with Crippen molar-refractivity contribution in [1.29, 1.82) is 0 Å². The summed E-state index contributed by atoms with van der Waals surface area (Å²) in [7, 11) is 0. The average Bonchev–Trinajstić information content (AvgIpc) is 3.14. The Balaban J connectivity index is 1.66. The van der Waals surface area contributed by atoms with E-state index < -0.39 is 0 Å². The van der Waals surface area contributed by atoms with Crippen molar-refractivity contribution in [1.82, 2.24) is 4.90 Å². The van der Waals surface area contributed by atoms with E-state index in [9.17, 15) is 4.79 Å². The number of hydrogen-bond acceptors (Lipinski definition) is 3. The number of carbonyl (C=O) groups excluding carboxylic acids is 1. The SMILES string of the molecule is CCc1cccc(CC)c1N1CCN(C(=O)Cc2cccs2)CC1. The van der Waals surface area contributed by atoms with Crippen molar-refractivity contribution in [2.75, 3.05) is 31.1 Å². The van der Waals surface area contributed by atoms with Crippen molar-refractivity contribution in [3.63, 3.8) is 0 Å². The Kier molecular flexibility index (Phi) is 5.56. The van der Waals surface area contributed by atoms with E-state index >= 15 is 0 Å². The molecule has 1 aliphatic heterocycles. The van der Waals surface area contributed by atoms with Gasteiger partial charge in [-0.2, -0.15) is 0 Å². The second-order valence-corrected chi connectivity index (χ2v) is 7.29. The quantitative estimate of drug-likeness (QED) is 0.826. The van der Waals surface area contributed by atoms with Gasteiger partial charge in [0.15, 0.2) is 0 Å². The predicted molar refractivity (Wildman–Crippen MR) is 102 cm³/mol. The fourth-order valence-corrected chi connectivity index (χ4v) is 4.17. The first kappa shape index (κ1) is 17.0. The standard InChI is InChI=1S/C20H26N2OS/c1-3-16-7-5-8-17(4-2)20(16)22-12-10-21(11-13-22)19(23)15-18-9-6-14-24-18/h5-9,14H,3-4,10-13,15H2,1-2H3. The fourth-order valence-electron chi connectivity index (χ4n) is 3.47. The van der Waals surface area contributed by atoms with Crippen LogP contribution in [0.15, 0.2) is 35.7 Å². The minimum atomic E-state index is 0.261. The van der Waals surface area contributed by atoms with Gasteiger partial charge in [0.2, 0.25) is 5.91 Å². The number of anilines is 1.